The Bertz CT molecular complexity index is 578. The highest BCUT2D eigenvalue weighted by Crippen LogP contribution is 2.26. The van der Waals surface area contributed by atoms with Crippen LogP contribution in [0, 0.1) is 0 Å². The third-order valence-electron chi connectivity index (χ3n) is 2.60. The molecule has 0 saturated heterocycles. The molecule has 1 aromatic carbocycles. The van der Waals surface area contributed by atoms with E-state index in [-0.39, 0.29) is 5.78 Å². The van der Waals surface area contributed by atoms with E-state index in [1.807, 2.05) is 0 Å². The van der Waals surface area contributed by atoms with Gasteiger partial charge in [-0.25, -0.2) is 4.68 Å². The normalized spacial score (nSPS) is 10.2. The van der Waals surface area contributed by atoms with Crippen LogP contribution in [0.15, 0.2) is 24.4 Å². The van der Waals surface area contributed by atoms with Crippen LogP contribution in [-0.2, 0) is 7.05 Å². The molecule has 6 nitrogen and oxygen atoms in total. The first-order valence-electron chi connectivity index (χ1n) is 5.28. The van der Waals surface area contributed by atoms with Crippen LogP contribution in [0.25, 0.3) is 0 Å². The molecule has 0 aliphatic rings. The summed E-state index contributed by atoms with van der Waals surface area (Å²) in [4.78, 5) is 12.3. The van der Waals surface area contributed by atoms with Gasteiger partial charge in [0.2, 0.25) is 5.78 Å². The van der Waals surface area contributed by atoms with Gasteiger partial charge in [-0.15, -0.1) is 5.10 Å². The number of carbonyl (C=O) groups excluding carboxylic acids is 1. The van der Waals surface area contributed by atoms with E-state index in [4.69, 9.17) is 9.47 Å². The topological polar surface area (TPSA) is 66.2 Å². The molecule has 0 saturated carbocycles. The van der Waals surface area contributed by atoms with Gasteiger partial charge < -0.3 is 9.47 Å². The second kappa shape index (κ2) is 4.87. The van der Waals surface area contributed by atoms with Crippen LogP contribution in [0.2, 0.25) is 0 Å². The van der Waals surface area contributed by atoms with E-state index in [1.165, 1.54) is 18.0 Å². The van der Waals surface area contributed by atoms with Gasteiger partial charge in [-0.2, -0.15) is 0 Å². The maximum atomic E-state index is 12.3. The standard InChI is InChI=1S/C12H13N3O3/c1-15-10(7-13-14-15)12(16)9-5-4-8(17-2)6-11(9)18-3/h4-7H,1-3H3. The minimum atomic E-state index is -0.193. The summed E-state index contributed by atoms with van der Waals surface area (Å²) in [5.41, 5.74) is 0.849. The Balaban J connectivity index is 2.45. The Kier molecular flexibility index (Phi) is 3.27. The molecule has 1 heterocycles. The lowest BCUT2D eigenvalue weighted by atomic mass is 10.1. The highest BCUT2D eigenvalue weighted by atomic mass is 16.5. The van der Waals surface area contributed by atoms with Gasteiger partial charge in [0.1, 0.15) is 17.2 Å². The molecule has 94 valence electrons. The summed E-state index contributed by atoms with van der Waals surface area (Å²) in [6.45, 7) is 0. The average molecular weight is 247 g/mol. The highest BCUT2D eigenvalue weighted by molar-refractivity contribution is 6.09. The minimum absolute atomic E-state index is 0.193. The molecule has 2 rings (SSSR count). The molecular weight excluding hydrogens is 234 g/mol. The average Bonchev–Trinajstić information content (AvgIpc) is 2.83. The van der Waals surface area contributed by atoms with E-state index >= 15 is 0 Å². The molecule has 0 spiro atoms. The summed E-state index contributed by atoms with van der Waals surface area (Å²) < 4.78 is 11.7. The Morgan fingerprint density at radius 2 is 2.06 bits per heavy atom. The van der Waals surface area contributed by atoms with Gasteiger partial charge in [-0.1, -0.05) is 5.21 Å². The number of ketones is 1. The van der Waals surface area contributed by atoms with Gasteiger partial charge in [-0.05, 0) is 12.1 Å². The molecule has 0 bridgehead atoms. The van der Waals surface area contributed by atoms with E-state index in [1.54, 1.807) is 32.4 Å². The van der Waals surface area contributed by atoms with Crippen molar-refractivity contribution in [1.82, 2.24) is 15.0 Å². The van der Waals surface area contributed by atoms with Gasteiger partial charge in [0.25, 0.3) is 0 Å². The number of ether oxygens (including phenoxy) is 2. The van der Waals surface area contributed by atoms with Crippen molar-refractivity contribution < 1.29 is 14.3 Å². The predicted molar refractivity (Wildman–Crippen MR) is 64.0 cm³/mol. The monoisotopic (exact) mass is 247 g/mol. The maximum absolute atomic E-state index is 12.3. The van der Waals surface area contributed by atoms with Gasteiger partial charge in [-0.3, -0.25) is 4.79 Å². The third-order valence-corrected chi connectivity index (χ3v) is 2.60. The summed E-state index contributed by atoms with van der Waals surface area (Å²) in [7, 11) is 4.73. The lowest BCUT2D eigenvalue weighted by Gasteiger charge is -2.09. The lowest BCUT2D eigenvalue weighted by molar-refractivity contribution is 0.102. The lowest BCUT2D eigenvalue weighted by Crippen LogP contribution is -2.09. The SMILES string of the molecule is COc1ccc(C(=O)c2cnnn2C)c(OC)c1. The highest BCUT2D eigenvalue weighted by Gasteiger charge is 2.18. The summed E-state index contributed by atoms with van der Waals surface area (Å²) >= 11 is 0. The van der Waals surface area contributed by atoms with Gasteiger partial charge in [0.15, 0.2) is 0 Å². The number of carbonyl (C=O) groups is 1. The van der Waals surface area contributed by atoms with Crippen LogP contribution < -0.4 is 9.47 Å². The van der Waals surface area contributed by atoms with E-state index in [9.17, 15) is 4.79 Å². The molecule has 0 unspecified atom stereocenters. The quantitative estimate of drug-likeness (QED) is 0.756. The molecule has 0 aliphatic heterocycles. The molecule has 6 heteroatoms. The second-order valence-corrected chi connectivity index (χ2v) is 3.64. The number of benzene rings is 1. The number of rotatable bonds is 4. The number of aryl methyl sites for hydroxylation is 1. The summed E-state index contributed by atoms with van der Waals surface area (Å²) in [6, 6.07) is 5.03. The number of hydrogen-bond acceptors (Lipinski definition) is 5. The van der Waals surface area contributed by atoms with Crippen LogP contribution in [0.1, 0.15) is 16.1 Å². The zero-order valence-electron chi connectivity index (χ0n) is 10.4. The largest absolute Gasteiger partial charge is 0.497 e. The first-order valence-corrected chi connectivity index (χ1v) is 5.28. The van der Waals surface area contributed by atoms with Gasteiger partial charge in [0, 0.05) is 13.1 Å². The van der Waals surface area contributed by atoms with Crippen LogP contribution >= 0.6 is 0 Å². The van der Waals surface area contributed by atoms with E-state index < -0.39 is 0 Å². The van der Waals surface area contributed by atoms with Crippen molar-refractivity contribution in [1.29, 1.82) is 0 Å². The van der Waals surface area contributed by atoms with Crippen LogP contribution in [-0.4, -0.2) is 35.0 Å². The van der Waals surface area contributed by atoms with Crippen LogP contribution in [0.4, 0.5) is 0 Å². The van der Waals surface area contributed by atoms with E-state index in [0.717, 1.165) is 0 Å². The number of aromatic nitrogens is 3. The summed E-state index contributed by atoms with van der Waals surface area (Å²) in [6.07, 6.45) is 1.42. The molecule has 1 aromatic heterocycles. The molecule has 0 aliphatic carbocycles. The van der Waals surface area contributed by atoms with E-state index in [2.05, 4.69) is 10.3 Å². The molecular formula is C12H13N3O3. The first-order chi connectivity index (χ1) is 8.67. The van der Waals surface area contributed by atoms with Crippen LogP contribution in [0.5, 0.6) is 11.5 Å². The smallest absolute Gasteiger partial charge is 0.216 e. The fraction of sp³-hybridized carbons (Fsp3) is 0.250. The maximum Gasteiger partial charge on any atom is 0.216 e. The molecule has 2 aromatic rings. The number of hydrogen-bond donors (Lipinski definition) is 0. The van der Waals surface area contributed by atoms with Crippen molar-refractivity contribution in [3.8, 4) is 11.5 Å². The number of nitrogens with zero attached hydrogens (tertiary/aromatic N) is 3. The molecule has 0 N–H and O–H groups in total. The zero-order valence-corrected chi connectivity index (χ0v) is 10.4. The zero-order chi connectivity index (χ0) is 13.1. The molecule has 0 fully saturated rings. The minimum Gasteiger partial charge on any atom is -0.497 e. The van der Waals surface area contributed by atoms with Crippen molar-refractivity contribution >= 4 is 5.78 Å². The van der Waals surface area contributed by atoms with Crippen molar-refractivity contribution in [2.75, 3.05) is 14.2 Å². The van der Waals surface area contributed by atoms with Crippen LogP contribution in [0.3, 0.4) is 0 Å². The molecule has 0 amide bonds. The fourth-order valence-electron chi connectivity index (χ4n) is 1.62. The fourth-order valence-corrected chi connectivity index (χ4v) is 1.62. The van der Waals surface area contributed by atoms with Crippen molar-refractivity contribution in [2.45, 2.75) is 0 Å². The Morgan fingerprint density at radius 3 is 2.61 bits per heavy atom. The van der Waals surface area contributed by atoms with Gasteiger partial charge in [0.05, 0.1) is 26.0 Å². The number of methoxy groups -OCH3 is 2. The molecule has 18 heavy (non-hydrogen) atoms. The third kappa shape index (κ3) is 2.04. The summed E-state index contributed by atoms with van der Waals surface area (Å²) in [5, 5.41) is 7.42. The van der Waals surface area contributed by atoms with Crippen molar-refractivity contribution in [3.63, 3.8) is 0 Å². The Hall–Kier alpha value is -2.37. The Labute approximate surface area is 104 Å². The second-order valence-electron chi connectivity index (χ2n) is 3.64. The van der Waals surface area contributed by atoms with Gasteiger partial charge >= 0.3 is 0 Å². The van der Waals surface area contributed by atoms with Crippen molar-refractivity contribution in [2.24, 2.45) is 7.05 Å². The Morgan fingerprint density at radius 1 is 1.28 bits per heavy atom. The van der Waals surface area contributed by atoms with Crippen molar-refractivity contribution in [3.05, 3.63) is 35.7 Å². The van der Waals surface area contributed by atoms with E-state index in [0.29, 0.717) is 22.8 Å². The predicted octanol–water partition coefficient (Wildman–Crippen LogP) is 1.06. The summed E-state index contributed by atoms with van der Waals surface area (Å²) in [5.74, 6) is 0.897. The molecule has 0 atom stereocenters. The molecule has 0 radical (unpaired) electrons. The first kappa shape index (κ1) is 12.1.